The number of piperidine rings is 1. The second kappa shape index (κ2) is 9.36. The van der Waals surface area contributed by atoms with Crippen LogP contribution in [0.4, 0.5) is 11.6 Å². The lowest BCUT2D eigenvalue weighted by molar-refractivity contribution is 0.460. The summed E-state index contributed by atoms with van der Waals surface area (Å²) in [5, 5.41) is 14.8. The van der Waals surface area contributed by atoms with Gasteiger partial charge in [0.1, 0.15) is 0 Å². The van der Waals surface area contributed by atoms with Crippen LogP contribution in [0.3, 0.4) is 0 Å². The molecule has 164 valence electrons. The molecule has 32 heavy (non-hydrogen) atoms. The van der Waals surface area contributed by atoms with E-state index in [2.05, 4.69) is 64.4 Å². The summed E-state index contributed by atoms with van der Waals surface area (Å²) in [6.07, 6.45) is 12.3. The van der Waals surface area contributed by atoms with Crippen molar-refractivity contribution >= 4 is 17.2 Å². The van der Waals surface area contributed by atoms with Crippen LogP contribution in [-0.2, 0) is 6.54 Å². The Kier molecular flexibility index (Phi) is 5.98. The maximum absolute atomic E-state index is 4.80. The maximum atomic E-state index is 4.80. The standard InChI is InChI=1S/C25H29N7/c1-2-32-17-22(24(31-32)20-4-3-12-27-16-20)23-11-15-28-25(30-23)29-21-7-5-18(6-8-21)19-9-13-26-14-10-19/h3-8,11-12,15,17,19,26-27H,2,9-10,13-14,16H2,1H3,(H,28,29,30). The van der Waals surface area contributed by atoms with Crippen LogP contribution >= 0.6 is 0 Å². The molecule has 2 aliphatic heterocycles. The van der Waals surface area contributed by atoms with Crippen LogP contribution in [0, 0.1) is 0 Å². The first-order valence-electron chi connectivity index (χ1n) is 11.4. The summed E-state index contributed by atoms with van der Waals surface area (Å²) in [7, 11) is 0. The SMILES string of the molecule is CCn1cc(-c2ccnc(Nc3ccc(C4CCNCC4)cc3)n2)c(C2=CC=CNC2)n1. The van der Waals surface area contributed by atoms with Crippen molar-refractivity contribution in [1.82, 2.24) is 30.4 Å². The number of nitrogens with one attached hydrogen (secondary N) is 3. The fraction of sp³-hybridized carbons (Fsp3) is 0.320. The molecule has 2 aliphatic rings. The fourth-order valence-corrected chi connectivity index (χ4v) is 4.32. The molecule has 0 radical (unpaired) electrons. The van der Waals surface area contributed by atoms with Gasteiger partial charge in [0.2, 0.25) is 5.95 Å². The quantitative estimate of drug-likeness (QED) is 0.550. The normalized spacial score (nSPS) is 16.5. The molecular weight excluding hydrogens is 398 g/mol. The minimum atomic E-state index is 0.586. The van der Waals surface area contributed by atoms with E-state index in [1.807, 2.05) is 23.0 Å². The van der Waals surface area contributed by atoms with E-state index in [-0.39, 0.29) is 0 Å². The second-order valence-corrected chi connectivity index (χ2v) is 8.22. The number of nitrogens with zero attached hydrogens (tertiary/aromatic N) is 4. The lowest BCUT2D eigenvalue weighted by Gasteiger charge is -2.23. The van der Waals surface area contributed by atoms with Crippen LogP contribution in [0.2, 0.25) is 0 Å². The van der Waals surface area contributed by atoms with Gasteiger partial charge in [0.05, 0.1) is 11.4 Å². The highest BCUT2D eigenvalue weighted by atomic mass is 15.3. The number of benzene rings is 1. The third kappa shape index (κ3) is 4.43. The average Bonchev–Trinajstić information content (AvgIpc) is 3.31. The summed E-state index contributed by atoms with van der Waals surface area (Å²) in [5.74, 6) is 1.24. The van der Waals surface area contributed by atoms with E-state index in [4.69, 9.17) is 10.1 Å². The third-order valence-corrected chi connectivity index (χ3v) is 6.10. The minimum absolute atomic E-state index is 0.586. The molecule has 4 heterocycles. The predicted molar refractivity (Wildman–Crippen MR) is 129 cm³/mol. The van der Waals surface area contributed by atoms with Crippen molar-refractivity contribution in [2.45, 2.75) is 32.2 Å². The molecule has 1 aromatic carbocycles. The number of anilines is 2. The number of hydrogen-bond donors (Lipinski definition) is 3. The van der Waals surface area contributed by atoms with Gasteiger partial charge in [0.25, 0.3) is 0 Å². The van der Waals surface area contributed by atoms with Gasteiger partial charge in [-0.3, -0.25) is 4.68 Å². The van der Waals surface area contributed by atoms with Crippen molar-refractivity contribution in [1.29, 1.82) is 0 Å². The van der Waals surface area contributed by atoms with Crippen molar-refractivity contribution in [2.75, 3.05) is 25.0 Å². The number of allylic oxidation sites excluding steroid dienone is 2. The molecule has 7 nitrogen and oxygen atoms in total. The Bertz CT molecular complexity index is 1120. The molecule has 3 N–H and O–H groups in total. The highest BCUT2D eigenvalue weighted by Crippen LogP contribution is 2.29. The smallest absolute Gasteiger partial charge is 0.227 e. The van der Waals surface area contributed by atoms with Gasteiger partial charge >= 0.3 is 0 Å². The number of aromatic nitrogens is 4. The monoisotopic (exact) mass is 427 g/mol. The number of dihydropyridines is 1. The maximum Gasteiger partial charge on any atom is 0.227 e. The molecule has 0 spiro atoms. The Labute approximate surface area is 188 Å². The van der Waals surface area contributed by atoms with Crippen molar-refractivity contribution in [2.24, 2.45) is 0 Å². The second-order valence-electron chi connectivity index (χ2n) is 8.22. The first-order chi connectivity index (χ1) is 15.8. The number of rotatable bonds is 6. The molecule has 0 atom stereocenters. The van der Waals surface area contributed by atoms with Crippen molar-refractivity contribution in [3.63, 3.8) is 0 Å². The molecule has 5 rings (SSSR count). The molecule has 0 saturated carbocycles. The van der Waals surface area contributed by atoms with Crippen molar-refractivity contribution in [3.8, 4) is 11.3 Å². The zero-order valence-electron chi connectivity index (χ0n) is 18.4. The molecule has 0 bridgehead atoms. The molecule has 3 aromatic rings. The average molecular weight is 428 g/mol. The summed E-state index contributed by atoms with van der Waals surface area (Å²) in [6, 6.07) is 10.6. The molecule has 0 unspecified atom stereocenters. The van der Waals surface area contributed by atoms with Crippen LogP contribution in [0.5, 0.6) is 0 Å². The van der Waals surface area contributed by atoms with Crippen LogP contribution in [0.25, 0.3) is 16.8 Å². The summed E-state index contributed by atoms with van der Waals surface area (Å²) in [4.78, 5) is 9.25. The summed E-state index contributed by atoms with van der Waals surface area (Å²) < 4.78 is 1.96. The first-order valence-corrected chi connectivity index (χ1v) is 11.4. The van der Waals surface area contributed by atoms with E-state index in [1.54, 1.807) is 6.20 Å². The van der Waals surface area contributed by atoms with E-state index in [0.717, 1.165) is 54.4 Å². The van der Waals surface area contributed by atoms with Crippen LogP contribution in [-0.4, -0.2) is 39.4 Å². The van der Waals surface area contributed by atoms with Gasteiger partial charge in [-0.25, -0.2) is 9.97 Å². The zero-order chi connectivity index (χ0) is 21.8. The van der Waals surface area contributed by atoms with Gasteiger partial charge in [-0.2, -0.15) is 5.10 Å². The molecule has 0 amide bonds. The number of hydrogen-bond acceptors (Lipinski definition) is 6. The molecule has 1 saturated heterocycles. The predicted octanol–water partition coefficient (Wildman–Crippen LogP) is 4.07. The van der Waals surface area contributed by atoms with E-state index in [1.165, 1.54) is 18.4 Å². The molecule has 1 fully saturated rings. The largest absolute Gasteiger partial charge is 0.387 e. The lowest BCUT2D eigenvalue weighted by atomic mass is 9.90. The molecule has 0 aliphatic carbocycles. The Balaban J connectivity index is 1.38. The summed E-state index contributed by atoms with van der Waals surface area (Å²) >= 11 is 0. The van der Waals surface area contributed by atoms with Crippen molar-refractivity contribution < 1.29 is 0 Å². The van der Waals surface area contributed by atoms with Crippen molar-refractivity contribution in [3.05, 3.63) is 72.3 Å². The van der Waals surface area contributed by atoms with E-state index >= 15 is 0 Å². The first kappa shape index (κ1) is 20.5. The highest BCUT2D eigenvalue weighted by Gasteiger charge is 2.18. The van der Waals surface area contributed by atoms with E-state index in [0.29, 0.717) is 11.9 Å². The van der Waals surface area contributed by atoms with Crippen LogP contribution in [0.1, 0.15) is 36.9 Å². The summed E-state index contributed by atoms with van der Waals surface area (Å²) in [6.45, 7) is 5.86. The third-order valence-electron chi connectivity index (χ3n) is 6.10. The van der Waals surface area contributed by atoms with Gasteiger partial charge in [0.15, 0.2) is 0 Å². The topological polar surface area (TPSA) is 79.7 Å². The van der Waals surface area contributed by atoms with E-state index < -0.39 is 0 Å². The van der Waals surface area contributed by atoms with Gasteiger partial charge in [-0.05, 0) is 80.4 Å². The Morgan fingerprint density at radius 2 is 1.97 bits per heavy atom. The van der Waals surface area contributed by atoms with Crippen LogP contribution < -0.4 is 16.0 Å². The van der Waals surface area contributed by atoms with Gasteiger partial charge in [0, 0.05) is 36.7 Å². The fourth-order valence-electron chi connectivity index (χ4n) is 4.32. The molecular formula is C25H29N7. The minimum Gasteiger partial charge on any atom is -0.387 e. The lowest BCUT2D eigenvalue weighted by Crippen LogP contribution is -2.26. The van der Waals surface area contributed by atoms with Gasteiger partial charge < -0.3 is 16.0 Å². The molecule has 2 aromatic heterocycles. The summed E-state index contributed by atoms with van der Waals surface area (Å²) in [5.41, 5.74) is 6.39. The van der Waals surface area contributed by atoms with Gasteiger partial charge in [-0.1, -0.05) is 18.2 Å². The molecule has 7 heteroatoms. The van der Waals surface area contributed by atoms with Crippen LogP contribution in [0.15, 0.2) is 61.1 Å². The number of aryl methyl sites for hydroxylation is 1. The Hall–Kier alpha value is -3.45. The Morgan fingerprint density at radius 1 is 1.12 bits per heavy atom. The van der Waals surface area contributed by atoms with E-state index in [9.17, 15) is 0 Å². The highest BCUT2D eigenvalue weighted by molar-refractivity contribution is 5.79. The Morgan fingerprint density at radius 3 is 2.72 bits per heavy atom. The zero-order valence-corrected chi connectivity index (χ0v) is 18.4. The van der Waals surface area contributed by atoms with Gasteiger partial charge in [-0.15, -0.1) is 0 Å².